The maximum absolute atomic E-state index is 12.5. The van der Waals surface area contributed by atoms with Gasteiger partial charge in [-0.3, -0.25) is 4.79 Å². The van der Waals surface area contributed by atoms with Gasteiger partial charge < -0.3 is 15.4 Å². The molecule has 1 aromatic rings. The van der Waals surface area contributed by atoms with E-state index in [1.54, 1.807) is 29.2 Å². The summed E-state index contributed by atoms with van der Waals surface area (Å²) < 4.78 is 5.72. The molecule has 1 saturated heterocycles. The lowest BCUT2D eigenvalue weighted by atomic mass is 10.1. The van der Waals surface area contributed by atoms with Crippen molar-refractivity contribution in [2.24, 2.45) is 17.6 Å². The molecule has 1 aliphatic carbocycles. The molecule has 1 aliphatic heterocycles. The van der Waals surface area contributed by atoms with Gasteiger partial charge in [0.05, 0.1) is 30.4 Å². The molecule has 0 unspecified atom stereocenters. The molecule has 6 nitrogen and oxygen atoms in total. The van der Waals surface area contributed by atoms with Crippen LogP contribution in [0.25, 0.3) is 0 Å². The fourth-order valence-electron chi connectivity index (χ4n) is 3.27. The summed E-state index contributed by atoms with van der Waals surface area (Å²) in [5, 5.41) is 17.9. The highest BCUT2D eigenvalue weighted by atomic mass is 16.5. The van der Waals surface area contributed by atoms with Crippen LogP contribution in [0.2, 0.25) is 0 Å². The zero-order valence-corrected chi connectivity index (χ0v) is 13.4. The van der Waals surface area contributed by atoms with Crippen molar-refractivity contribution in [3.05, 3.63) is 29.8 Å². The summed E-state index contributed by atoms with van der Waals surface area (Å²) in [4.78, 5) is 14.1. The van der Waals surface area contributed by atoms with E-state index >= 15 is 0 Å². The Hall–Kier alpha value is -2.57. The lowest BCUT2D eigenvalue weighted by Gasteiger charge is -2.23. The Morgan fingerprint density at radius 1 is 1.38 bits per heavy atom. The molecule has 0 aromatic heterocycles. The molecule has 0 spiro atoms. The van der Waals surface area contributed by atoms with Crippen LogP contribution in [0.1, 0.15) is 24.8 Å². The third kappa shape index (κ3) is 3.34. The van der Waals surface area contributed by atoms with Crippen molar-refractivity contribution in [2.75, 3.05) is 13.2 Å². The molecule has 124 valence electrons. The van der Waals surface area contributed by atoms with E-state index in [0.29, 0.717) is 24.5 Å². The molecular weight excluding hydrogens is 304 g/mol. The molecule has 1 aromatic carbocycles. The van der Waals surface area contributed by atoms with Gasteiger partial charge in [-0.1, -0.05) is 0 Å². The Kier molecular flexibility index (Phi) is 4.69. The van der Waals surface area contributed by atoms with Gasteiger partial charge in [0.1, 0.15) is 11.8 Å². The molecule has 1 saturated carbocycles. The Morgan fingerprint density at radius 2 is 2.12 bits per heavy atom. The second-order valence-electron chi connectivity index (χ2n) is 6.45. The van der Waals surface area contributed by atoms with Gasteiger partial charge in [-0.2, -0.15) is 10.5 Å². The third-order valence-corrected chi connectivity index (χ3v) is 4.86. The van der Waals surface area contributed by atoms with Gasteiger partial charge in [-0.15, -0.1) is 0 Å². The lowest BCUT2D eigenvalue weighted by Crippen LogP contribution is -2.47. The molecule has 2 fully saturated rings. The summed E-state index contributed by atoms with van der Waals surface area (Å²) in [5.41, 5.74) is 6.72. The van der Waals surface area contributed by atoms with E-state index < -0.39 is 6.04 Å². The van der Waals surface area contributed by atoms with Crippen molar-refractivity contribution in [3.8, 4) is 17.9 Å². The number of hydrogen-bond donors (Lipinski definition) is 1. The smallest absolute Gasteiger partial charge is 0.240 e. The van der Waals surface area contributed by atoms with Crippen LogP contribution in [0.3, 0.4) is 0 Å². The van der Waals surface area contributed by atoms with Gasteiger partial charge in [-0.05, 0) is 55.4 Å². The van der Waals surface area contributed by atoms with Gasteiger partial charge in [0.25, 0.3) is 0 Å². The maximum Gasteiger partial charge on any atom is 0.240 e. The van der Waals surface area contributed by atoms with Crippen LogP contribution in [0.15, 0.2) is 24.3 Å². The number of hydrogen-bond acceptors (Lipinski definition) is 5. The average molecular weight is 324 g/mol. The highest BCUT2D eigenvalue weighted by Gasteiger charge is 2.47. The van der Waals surface area contributed by atoms with E-state index in [9.17, 15) is 4.79 Å². The minimum Gasteiger partial charge on any atom is -0.493 e. The molecule has 0 bridgehead atoms. The van der Waals surface area contributed by atoms with Gasteiger partial charge in [-0.25, -0.2) is 0 Å². The van der Waals surface area contributed by atoms with Gasteiger partial charge >= 0.3 is 0 Å². The first-order valence-corrected chi connectivity index (χ1v) is 8.22. The summed E-state index contributed by atoms with van der Waals surface area (Å²) in [7, 11) is 0. The van der Waals surface area contributed by atoms with E-state index in [4.69, 9.17) is 21.0 Å². The molecule has 1 amide bonds. The van der Waals surface area contributed by atoms with Crippen molar-refractivity contribution in [1.29, 1.82) is 10.5 Å². The van der Waals surface area contributed by atoms with E-state index in [2.05, 4.69) is 12.1 Å². The predicted octanol–water partition coefficient (Wildman–Crippen LogP) is 1.42. The van der Waals surface area contributed by atoms with Crippen LogP contribution < -0.4 is 10.5 Å². The van der Waals surface area contributed by atoms with E-state index in [1.807, 2.05) is 0 Å². The number of carbonyl (C=O) groups excluding carboxylic acids is 1. The van der Waals surface area contributed by atoms with Crippen molar-refractivity contribution < 1.29 is 9.53 Å². The highest BCUT2D eigenvalue weighted by Crippen LogP contribution is 2.41. The minimum absolute atomic E-state index is 0.107. The summed E-state index contributed by atoms with van der Waals surface area (Å²) in [6, 6.07) is 10.3. The predicted molar refractivity (Wildman–Crippen MR) is 86.6 cm³/mol. The quantitative estimate of drug-likeness (QED) is 0.882. The standard InChI is InChI=1S/C18H20N4O2/c19-9-12-3-5-15(6-4-12)24-11-13-8-16(13)17(21)18(23)22-7-1-2-14(22)10-20/h3-6,13-14,16-17H,1-2,7-8,11,21H2/t13-,14+,16-,17+/m1/s1. The van der Waals surface area contributed by atoms with Gasteiger partial charge in [0.15, 0.2) is 0 Å². The zero-order chi connectivity index (χ0) is 17.1. The molecule has 3 rings (SSSR count). The number of carbonyl (C=O) groups is 1. The summed E-state index contributed by atoms with van der Waals surface area (Å²) >= 11 is 0. The number of benzene rings is 1. The number of ether oxygens (including phenoxy) is 1. The van der Waals surface area contributed by atoms with Crippen molar-refractivity contribution in [3.63, 3.8) is 0 Å². The molecule has 0 radical (unpaired) electrons. The lowest BCUT2D eigenvalue weighted by molar-refractivity contribution is -0.133. The second kappa shape index (κ2) is 6.90. The van der Waals surface area contributed by atoms with Crippen LogP contribution in [-0.4, -0.2) is 36.0 Å². The Labute approximate surface area is 141 Å². The first-order chi connectivity index (χ1) is 11.6. The summed E-state index contributed by atoms with van der Waals surface area (Å²) in [6.07, 6.45) is 2.48. The zero-order valence-electron chi connectivity index (χ0n) is 13.4. The van der Waals surface area contributed by atoms with Crippen molar-refractivity contribution in [1.82, 2.24) is 4.90 Å². The Bertz CT molecular complexity index is 688. The molecular formula is C18H20N4O2. The number of nitriles is 2. The number of amides is 1. The van der Waals surface area contributed by atoms with Crippen LogP contribution in [0, 0.1) is 34.5 Å². The maximum atomic E-state index is 12.5. The normalized spacial score (nSPS) is 26.3. The highest BCUT2D eigenvalue weighted by molar-refractivity contribution is 5.83. The number of nitrogens with two attached hydrogens (primary N) is 1. The number of likely N-dealkylation sites (tertiary alicyclic amines) is 1. The van der Waals surface area contributed by atoms with Gasteiger partial charge in [0, 0.05) is 6.54 Å². The third-order valence-electron chi connectivity index (χ3n) is 4.86. The minimum atomic E-state index is -0.548. The Morgan fingerprint density at radius 3 is 2.79 bits per heavy atom. The molecule has 2 N–H and O–H groups in total. The van der Waals surface area contributed by atoms with Crippen LogP contribution >= 0.6 is 0 Å². The van der Waals surface area contributed by atoms with Crippen LogP contribution in [0.5, 0.6) is 5.75 Å². The SMILES string of the molecule is N#Cc1ccc(OC[C@H]2C[C@H]2[C@H](N)C(=O)N2CCC[C@H]2C#N)cc1. The number of rotatable bonds is 5. The first kappa shape index (κ1) is 16.3. The first-order valence-electron chi connectivity index (χ1n) is 8.22. The average Bonchev–Trinajstić information content (AvgIpc) is 3.24. The van der Waals surface area contributed by atoms with Crippen LogP contribution in [-0.2, 0) is 4.79 Å². The molecule has 6 heteroatoms. The molecule has 4 atom stereocenters. The van der Waals surface area contributed by atoms with E-state index in [1.165, 1.54) is 0 Å². The summed E-state index contributed by atoms with van der Waals surface area (Å²) in [6.45, 7) is 1.14. The Balaban J connectivity index is 1.48. The van der Waals surface area contributed by atoms with Crippen molar-refractivity contribution >= 4 is 5.91 Å². The fraction of sp³-hybridized carbons (Fsp3) is 0.500. The molecule has 2 aliphatic rings. The second-order valence-corrected chi connectivity index (χ2v) is 6.45. The van der Waals surface area contributed by atoms with Gasteiger partial charge in [0.2, 0.25) is 5.91 Å². The van der Waals surface area contributed by atoms with E-state index in [0.717, 1.165) is 19.3 Å². The monoisotopic (exact) mass is 324 g/mol. The van der Waals surface area contributed by atoms with Crippen LogP contribution in [0.4, 0.5) is 0 Å². The number of nitrogens with zero attached hydrogens (tertiary/aromatic N) is 3. The molecule has 1 heterocycles. The summed E-state index contributed by atoms with van der Waals surface area (Å²) in [5.74, 6) is 0.993. The topological polar surface area (TPSA) is 103 Å². The largest absolute Gasteiger partial charge is 0.493 e. The fourth-order valence-corrected chi connectivity index (χ4v) is 3.27. The molecule has 24 heavy (non-hydrogen) atoms. The van der Waals surface area contributed by atoms with Crippen molar-refractivity contribution in [2.45, 2.75) is 31.3 Å². The van der Waals surface area contributed by atoms with E-state index in [-0.39, 0.29) is 23.8 Å².